The van der Waals surface area contributed by atoms with Gasteiger partial charge in [-0.1, -0.05) is 42.3 Å². The summed E-state index contributed by atoms with van der Waals surface area (Å²) in [5, 5.41) is 17.4. The third-order valence-electron chi connectivity index (χ3n) is 13.7. The number of epoxide rings is 1. The van der Waals surface area contributed by atoms with E-state index in [9.17, 15) is 38.7 Å². The predicted molar refractivity (Wildman–Crippen MR) is 240 cm³/mol. The van der Waals surface area contributed by atoms with Crippen molar-refractivity contribution < 1.29 is 62.4 Å². The lowest BCUT2D eigenvalue weighted by Gasteiger charge is -2.42. The van der Waals surface area contributed by atoms with Crippen LogP contribution >= 0.6 is 11.6 Å². The molecule has 8 atom stereocenters. The maximum atomic E-state index is 14.3. The van der Waals surface area contributed by atoms with E-state index in [2.05, 4.69) is 10.6 Å². The third kappa shape index (κ3) is 11.1. The Morgan fingerprint density at radius 1 is 1.09 bits per heavy atom. The second-order valence-corrected chi connectivity index (χ2v) is 18.7. The lowest BCUT2D eigenvalue weighted by atomic mass is 9.81. The Kier molecular flexibility index (Phi) is 15.7. The monoisotopic (exact) mass is 939 g/mol. The second-order valence-electron chi connectivity index (χ2n) is 18.3. The largest absolute Gasteiger partial charge is 0.495 e. The van der Waals surface area contributed by atoms with Gasteiger partial charge in [-0.25, -0.2) is 9.59 Å². The number of alkyl carbamates (subject to hydrolysis) is 1. The molecule has 2 saturated heterocycles. The zero-order valence-electron chi connectivity index (χ0n) is 38.8. The second kappa shape index (κ2) is 20.7. The standard InChI is InChI=1S/C47H62ClN5O13/c1-26-10-9-11-35(63-8)47(61)24-34(64-45(60)50-47)27(2)42-46(4,66-42)36(23-40(57)52(6)32-21-30(20-26)22-33(62-7)41(32)48)65-44(59)28(3)51(5)43(58)31-14-12-29(13-15-31)25-49-37(54)18-19-53-38(55)16-17-39(53)56/h9-11,16-17,21-22,27-29,31,34-36,42,61H,12-15,18-20,23-25H2,1-8H3,(H,49,54)(H,50,60)/b11-9+,26-10+/t27-,28-,29?,31?,34+,35-,36+,42+,46+,47+/m1/s1. The van der Waals surface area contributed by atoms with Crippen LogP contribution in [0, 0.1) is 17.8 Å². The SMILES string of the molecule is COc1cc2cc(c1Cl)N(C)C(=O)C[C@H](OC(=O)[C@@H](C)N(C)C(=O)C1CCC(CNC(=O)CCN3C(=O)C=CC3=O)CC1)[C@]1(C)O[C@H]1[C@H](C)[C@@H]1C[C@@](O)(NC(=O)O1)[C@H](OC)/C=C/C=C(\C)C2. The van der Waals surface area contributed by atoms with Gasteiger partial charge in [0.1, 0.15) is 40.7 Å². The number of amides is 6. The van der Waals surface area contributed by atoms with Crippen LogP contribution in [0.1, 0.15) is 78.2 Å². The Balaban J connectivity index is 1.16. The first-order valence-corrected chi connectivity index (χ1v) is 22.7. The number of carbonyl (C=O) groups is 7. The summed E-state index contributed by atoms with van der Waals surface area (Å²) in [7, 11) is 5.99. The molecule has 18 nitrogen and oxygen atoms in total. The van der Waals surface area contributed by atoms with E-state index in [1.807, 2.05) is 13.0 Å². The molecule has 1 aromatic rings. The van der Waals surface area contributed by atoms with Crippen LogP contribution in [-0.4, -0.2) is 140 Å². The average molecular weight is 940 g/mol. The van der Waals surface area contributed by atoms with Crippen LogP contribution in [0.5, 0.6) is 5.75 Å². The number of hydrogen-bond donors (Lipinski definition) is 3. The molecule has 360 valence electrons. The average Bonchev–Trinajstić information content (AvgIpc) is 3.88. The van der Waals surface area contributed by atoms with Crippen LogP contribution in [0.2, 0.25) is 5.02 Å². The number of halogens is 1. The number of imide groups is 1. The Bertz CT molecular complexity index is 2150. The molecule has 19 heteroatoms. The summed E-state index contributed by atoms with van der Waals surface area (Å²) in [4.78, 5) is 95.1. The maximum Gasteiger partial charge on any atom is 0.409 e. The number of fused-ring (bicyclic) bond motifs is 5. The van der Waals surface area contributed by atoms with Gasteiger partial charge in [0.15, 0.2) is 5.72 Å². The van der Waals surface area contributed by atoms with E-state index in [1.165, 1.54) is 43.2 Å². The van der Waals surface area contributed by atoms with E-state index < -0.39 is 77.5 Å². The summed E-state index contributed by atoms with van der Waals surface area (Å²) >= 11 is 6.81. The molecule has 1 aromatic carbocycles. The number of rotatable bonds is 11. The fraction of sp³-hybridized carbons (Fsp3) is 0.596. The Morgan fingerprint density at radius 3 is 2.42 bits per heavy atom. The van der Waals surface area contributed by atoms with Crippen LogP contribution < -0.4 is 20.3 Å². The van der Waals surface area contributed by atoms with Crippen molar-refractivity contribution in [3.8, 4) is 5.75 Å². The molecule has 6 amide bonds. The molecule has 66 heavy (non-hydrogen) atoms. The minimum atomic E-state index is -1.86. The zero-order chi connectivity index (χ0) is 48.2. The lowest BCUT2D eigenvalue weighted by molar-refractivity contribution is -0.163. The highest BCUT2D eigenvalue weighted by Gasteiger charge is 2.64. The number of benzene rings is 1. The molecule has 4 aliphatic heterocycles. The first-order chi connectivity index (χ1) is 31.2. The number of likely N-dealkylation sites (N-methyl/N-ethyl adjacent to an activating group) is 1. The smallest absolute Gasteiger partial charge is 0.409 e. The van der Waals surface area contributed by atoms with Crippen LogP contribution in [0.15, 0.2) is 48.1 Å². The number of esters is 1. The highest BCUT2D eigenvalue weighted by Crippen LogP contribution is 2.49. The first-order valence-electron chi connectivity index (χ1n) is 22.4. The van der Waals surface area contributed by atoms with E-state index in [-0.39, 0.29) is 54.5 Å². The molecule has 0 spiro atoms. The number of aliphatic hydroxyl groups is 1. The number of nitrogens with one attached hydrogen (secondary N) is 2. The van der Waals surface area contributed by atoms with E-state index in [0.29, 0.717) is 50.1 Å². The van der Waals surface area contributed by atoms with Gasteiger partial charge < -0.3 is 43.9 Å². The number of hydrogen-bond acceptors (Lipinski definition) is 13. The zero-order valence-corrected chi connectivity index (χ0v) is 39.6. The molecule has 6 rings (SSSR count). The van der Waals surface area contributed by atoms with Gasteiger partial charge >= 0.3 is 12.1 Å². The molecule has 0 aromatic heterocycles. The summed E-state index contributed by atoms with van der Waals surface area (Å²) < 4.78 is 29.5. The highest BCUT2D eigenvalue weighted by atomic mass is 35.5. The molecule has 5 aliphatic rings. The van der Waals surface area contributed by atoms with Gasteiger partial charge in [0.05, 0.1) is 25.3 Å². The van der Waals surface area contributed by atoms with Crippen molar-refractivity contribution >= 4 is 58.9 Å². The molecule has 1 aliphatic carbocycles. The minimum Gasteiger partial charge on any atom is -0.495 e. The van der Waals surface area contributed by atoms with Gasteiger partial charge in [-0.3, -0.25) is 34.2 Å². The van der Waals surface area contributed by atoms with E-state index in [1.54, 1.807) is 52.1 Å². The van der Waals surface area contributed by atoms with E-state index >= 15 is 0 Å². The molecule has 0 radical (unpaired) electrons. The third-order valence-corrected chi connectivity index (χ3v) is 14.1. The Labute approximate surface area is 389 Å². The van der Waals surface area contributed by atoms with Crippen molar-refractivity contribution in [3.63, 3.8) is 0 Å². The fourth-order valence-corrected chi connectivity index (χ4v) is 9.62. The van der Waals surface area contributed by atoms with Gasteiger partial charge in [0.2, 0.25) is 17.7 Å². The van der Waals surface area contributed by atoms with Crippen molar-refractivity contribution in [2.75, 3.05) is 46.3 Å². The Morgan fingerprint density at radius 2 is 1.77 bits per heavy atom. The Hall–Kier alpha value is -5.30. The number of ether oxygens (including phenoxy) is 5. The molecule has 4 heterocycles. The van der Waals surface area contributed by atoms with Gasteiger partial charge in [-0.2, -0.15) is 0 Å². The quantitative estimate of drug-likeness (QED) is 0.164. The van der Waals surface area contributed by atoms with E-state index in [4.69, 9.17) is 35.3 Å². The van der Waals surface area contributed by atoms with Crippen molar-refractivity contribution in [2.24, 2.45) is 17.8 Å². The van der Waals surface area contributed by atoms with Crippen molar-refractivity contribution in [3.05, 3.63) is 58.7 Å². The molecule has 3 fully saturated rings. The van der Waals surface area contributed by atoms with Gasteiger partial charge in [0.25, 0.3) is 11.8 Å². The van der Waals surface area contributed by atoms with Gasteiger partial charge in [-0.15, -0.1) is 0 Å². The summed E-state index contributed by atoms with van der Waals surface area (Å²) in [6.07, 6.45) is 5.32. The first kappa shape index (κ1) is 50.1. The maximum absolute atomic E-state index is 14.3. The van der Waals surface area contributed by atoms with E-state index in [0.717, 1.165) is 16.0 Å². The topological polar surface area (TPSA) is 223 Å². The highest BCUT2D eigenvalue weighted by molar-refractivity contribution is 6.35. The number of anilines is 1. The fourth-order valence-electron chi connectivity index (χ4n) is 9.31. The normalized spacial score (nSPS) is 32.0. The van der Waals surface area contributed by atoms with Crippen molar-refractivity contribution in [1.29, 1.82) is 0 Å². The molecular weight excluding hydrogens is 878 g/mol. The molecule has 4 bridgehead atoms. The van der Waals surface area contributed by atoms with Gasteiger partial charge in [0, 0.05) is 71.1 Å². The lowest BCUT2D eigenvalue weighted by Crippen LogP contribution is -2.63. The molecule has 1 saturated carbocycles. The number of nitrogens with zero attached hydrogens (tertiary/aromatic N) is 3. The predicted octanol–water partition coefficient (Wildman–Crippen LogP) is 3.75. The van der Waals surface area contributed by atoms with Crippen LogP contribution in [0.25, 0.3) is 0 Å². The molecule has 3 N–H and O–H groups in total. The number of methoxy groups -OCH3 is 2. The summed E-state index contributed by atoms with van der Waals surface area (Å²) in [5.41, 5.74) is -1.08. The van der Waals surface area contributed by atoms with Gasteiger partial charge in [-0.05, 0) is 76.5 Å². The molecular formula is C47H62ClN5O13. The summed E-state index contributed by atoms with van der Waals surface area (Å²) in [5.74, 6) is -3.12. The number of allylic oxidation sites excluding steroid dienone is 3. The van der Waals surface area contributed by atoms with Crippen LogP contribution in [-0.2, 0) is 54.1 Å². The molecule has 0 unspecified atom stereocenters. The van der Waals surface area contributed by atoms with Crippen LogP contribution in [0.4, 0.5) is 10.5 Å². The minimum absolute atomic E-state index is 0.00377. The van der Waals surface area contributed by atoms with Crippen molar-refractivity contribution in [1.82, 2.24) is 20.4 Å². The van der Waals surface area contributed by atoms with Crippen molar-refractivity contribution in [2.45, 2.75) is 121 Å². The van der Waals surface area contributed by atoms with Crippen LogP contribution in [0.3, 0.4) is 0 Å². The summed E-state index contributed by atoms with van der Waals surface area (Å²) in [6, 6.07) is 2.50. The number of carbonyl (C=O) groups excluding carboxylic acids is 7. The summed E-state index contributed by atoms with van der Waals surface area (Å²) in [6.45, 7) is 7.34.